The minimum Gasteiger partial charge on any atom is -0.493 e. The van der Waals surface area contributed by atoms with Gasteiger partial charge >= 0.3 is 0 Å². The Labute approximate surface area is 230 Å². The molecule has 0 aliphatic carbocycles. The molecule has 2 heterocycles. The van der Waals surface area contributed by atoms with Crippen LogP contribution in [0.5, 0.6) is 11.5 Å². The van der Waals surface area contributed by atoms with E-state index in [4.69, 9.17) is 32.7 Å². The van der Waals surface area contributed by atoms with E-state index in [0.717, 1.165) is 16.6 Å². The third-order valence-electron chi connectivity index (χ3n) is 5.82. The lowest BCUT2D eigenvalue weighted by molar-refractivity contribution is 0.0985. The average molecular weight is 547 g/mol. The quantitative estimate of drug-likeness (QED) is 0.191. The second-order valence-corrected chi connectivity index (χ2v) is 9.33. The first kappa shape index (κ1) is 25.6. The lowest BCUT2D eigenvalue weighted by Gasteiger charge is -2.24. The zero-order valence-corrected chi connectivity index (χ0v) is 21.8. The van der Waals surface area contributed by atoms with Crippen LogP contribution in [0.2, 0.25) is 10.0 Å². The third kappa shape index (κ3) is 6.25. The predicted molar refractivity (Wildman–Crippen MR) is 149 cm³/mol. The van der Waals surface area contributed by atoms with Crippen LogP contribution < -0.4 is 14.4 Å². The Morgan fingerprint density at radius 3 is 2.53 bits per heavy atom. The van der Waals surface area contributed by atoms with Gasteiger partial charge in [0.05, 0.1) is 47.2 Å². The fraction of sp³-hybridized carbons (Fsp3) is 0.138. The van der Waals surface area contributed by atoms with Gasteiger partial charge in [0.25, 0.3) is 5.91 Å². The molecule has 1 N–H and O–H groups in total. The summed E-state index contributed by atoms with van der Waals surface area (Å²) in [4.78, 5) is 27.0. The highest BCUT2D eigenvalue weighted by Crippen LogP contribution is 2.27. The summed E-state index contributed by atoms with van der Waals surface area (Å²) in [6, 6.07) is 21.9. The first-order chi connectivity index (χ1) is 18.6. The molecule has 0 saturated carbocycles. The van der Waals surface area contributed by atoms with E-state index in [0.29, 0.717) is 59.0 Å². The number of rotatable bonds is 10. The number of halogens is 2. The molecule has 3 aromatic carbocycles. The molecule has 0 fully saturated rings. The number of amides is 1. The molecule has 192 valence electrons. The molecule has 0 spiro atoms. The van der Waals surface area contributed by atoms with Crippen molar-refractivity contribution in [1.82, 2.24) is 15.0 Å². The van der Waals surface area contributed by atoms with Crippen LogP contribution >= 0.6 is 23.2 Å². The summed E-state index contributed by atoms with van der Waals surface area (Å²) in [5.74, 6) is 1.16. The number of anilines is 1. The Bertz CT molecular complexity index is 1540. The normalized spacial score (nSPS) is 10.9. The number of pyridine rings is 1. The molecular formula is C29H24Cl2N4O3. The number of hydrogen-bond donors (Lipinski definition) is 1. The Morgan fingerprint density at radius 2 is 1.74 bits per heavy atom. The maximum absolute atomic E-state index is 13.7. The molecule has 0 atom stereocenters. The molecule has 1 amide bonds. The van der Waals surface area contributed by atoms with Crippen molar-refractivity contribution in [3.63, 3.8) is 0 Å². The van der Waals surface area contributed by atoms with E-state index >= 15 is 0 Å². The zero-order valence-electron chi connectivity index (χ0n) is 20.3. The second-order valence-electron chi connectivity index (χ2n) is 8.51. The van der Waals surface area contributed by atoms with E-state index in [2.05, 4.69) is 15.0 Å². The van der Waals surface area contributed by atoms with Gasteiger partial charge in [-0.2, -0.15) is 0 Å². The SMILES string of the molecule is O=C(c1ccc2[nH]cnc2c1)N(Cc1cccnc1)c1cccc(OCCCOc2ccc(Cl)c(Cl)c2)c1. The summed E-state index contributed by atoms with van der Waals surface area (Å²) < 4.78 is 11.7. The van der Waals surface area contributed by atoms with E-state index in [1.165, 1.54) is 0 Å². The summed E-state index contributed by atoms with van der Waals surface area (Å²) in [6.07, 6.45) is 5.74. The summed E-state index contributed by atoms with van der Waals surface area (Å²) in [5, 5.41) is 0.937. The molecule has 0 unspecified atom stereocenters. The van der Waals surface area contributed by atoms with E-state index < -0.39 is 0 Å². The zero-order chi connectivity index (χ0) is 26.3. The van der Waals surface area contributed by atoms with Crippen LogP contribution in [0.1, 0.15) is 22.3 Å². The molecule has 0 aliphatic heterocycles. The van der Waals surface area contributed by atoms with Crippen molar-refractivity contribution in [2.45, 2.75) is 13.0 Å². The summed E-state index contributed by atoms with van der Waals surface area (Å²) in [5.41, 5.74) is 3.77. The fourth-order valence-electron chi connectivity index (χ4n) is 3.92. The smallest absolute Gasteiger partial charge is 0.258 e. The van der Waals surface area contributed by atoms with Crippen molar-refractivity contribution < 1.29 is 14.3 Å². The van der Waals surface area contributed by atoms with Crippen LogP contribution in [0, 0.1) is 0 Å². The molecule has 2 aromatic heterocycles. The number of aromatic amines is 1. The van der Waals surface area contributed by atoms with Crippen molar-refractivity contribution in [3.05, 3.63) is 113 Å². The number of carbonyl (C=O) groups is 1. The Kier molecular flexibility index (Phi) is 8.06. The molecule has 9 heteroatoms. The van der Waals surface area contributed by atoms with Gasteiger partial charge in [0.1, 0.15) is 11.5 Å². The van der Waals surface area contributed by atoms with E-state index in [1.54, 1.807) is 54.0 Å². The summed E-state index contributed by atoms with van der Waals surface area (Å²) >= 11 is 12.0. The van der Waals surface area contributed by atoms with Crippen LogP contribution in [0.3, 0.4) is 0 Å². The first-order valence-corrected chi connectivity index (χ1v) is 12.8. The van der Waals surface area contributed by atoms with Crippen molar-refractivity contribution in [3.8, 4) is 11.5 Å². The molecule has 38 heavy (non-hydrogen) atoms. The van der Waals surface area contributed by atoms with E-state index in [-0.39, 0.29) is 5.91 Å². The minimum absolute atomic E-state index is 0.147. The highest BCUT2D eigenvalue weighted by atomic mass is 35.5. The number of aromatic nitrogens is 3. The molecule has 0 radical (unpaired) electrons. The van der Waals surface area contributed by atoms with Crippen LogP contribution in [0.15, 0.2) is 91.5 Å². The van der Waals surface area contributed by atoms with Gasteiger partial charge in [-0.25, -0.2) is 4.98 Å². The molecular weight excluding hydrogens is 523 g/mol. The molecule has 0 saturated heterocycles. The van der Waals surface area contributed by atoms with Gasteiger partial charge in [0.2, 0.25) is 0 Å². The van der Waals surface area contributed by atoms with Crippen molar-refractivity contribution >= 4 is 45.8 Å². The van der Waals surface area contributed by atoms with Gasteiger partial charge in [0.15, 0.2) is 0 Å². The summed E-state index contributed by atoms with van der Waals surface area (Å²) in [7, 11) is 0. The Hall–Kier alpha value is -4.07. The number of fused-ring (bicyclic) bond motifs is 1. The highest BCUT2D eigenvalue weighted by Gasteiger charge is 2.20. The van der Waals surface area contributed by atoms with E-state index in [9.17, 15) is 4.79 Å². The van der Waals surface area contributed by atoms with Crippen LogP contribution in [-0.4, -0.2) is 34.1 Å². The van der Waals surface area contributed by atoms with E-state index in [1.807, 2.05) is 42.5 Å². The lowest BCUT2D eigenvalue weighted by atomic mass is 10.1. The number of benzene rings is 3. The molecule has 0 bridgehead atoms. The number of H-pyrrole nitrogens is 1. The number of nitrogens with one attached hydrogen (secondary N) is 1. The maximum atomic E-state index is 13.7. The lowest BCUT2D eigenvalue weighted by Crippen LogP contribution is -2.30. The number of hydrogen-bond acceptors (Lipinski definition) is 5. The van der Waals surface area contributed by atoms with Crippen LogP contribution in [0.4, 0.5) is 5.69 Å². The van der Waals surface area contributed by atoms with Crippen molar-refractivity contribution in [2.75, 3.05) is 18.1 Å². The molecule has 7 nitrogen and oxygen atoms in total. The van der Waals surface area contributed by atoms with Gasteiger partial charge < -0.3 is 19.4 Å². The predicted octanol–water partition coefficient (Wildman–Crippen LogP) is 6.96. The molecule has 5 aromatic rings. The summed E-state index contributed by atoms with van der Waals surface area (Å²) in [6.45, 7) is 1.25. The standard InChI is InChI=1S/C29H24Cl2N4O3/c30-25-9-8-24(16-26(25)31)38-13-3-12-37-23-6-1-5-22(15-23)35(18-20-4-2-11-32-17-20)29(36)21-7-10-27-28(14-21)34-19-33-27/h1-2,4-11,14-17,19H,3,12-13,18H2,(H,33,34). The number of ether oxygens (including phenoxy) is 2. The fourth-order valence-corrected chi connectivity index (χ4v) is 4.21. The van der Waals surface area contributed by atoms with Crippen LogP contribution in [0.25, 0.3) is 11.0 Å². The van der Waals surface area contributed by atoms with Gasteiger partial charge in [-0.3, -0.25) is 9.78 Å². The maximum Gasteiger partial charge on any atom is 0.258 e. The van der Waals surface area contributed by atoms with Gasteiger partial charge in [-0.05, 0) is 54.1 Å². The third-order valence-corrected chi connectivity index (χ3v) is 6.56. The molecule has 5 rings (SSSR count). The minimum atomic E-state index is -0.147. The topological polar surface area (TPSA) is 80.3 Å². The first-order valence-electron chi connectivity index (χ1n) is 12.0. The number of carbonyl (C=O) groups excluding carboxylic acids is 1. The van der Waals surface area contributed by atoms with Crippen molar-refractivity contribution in [1.29, 1.82) is 0 Å². The number of imidazole rings is 1. The Morgan fingerprint density at radius 1 is 0.895 bits per heavy atom. The second kappa shape index (κ2) is 12.0. The van der Waals surface area contributed by atoms with Crippen molar-refractivity contribution in [2.24, 2.45) is 0 Å². The Balaban J connectivity index is 1.28. The number of nitrogens with zero attached hydrogens (tertiary/aromatic N) is 3. The highest BCUT2D eigenvalue weighted by molar-refractivity contribution is 6.42. The monoisotopic (exact) mass is 546 g/mol. The van der Waals surface area contributed by atoms with Gasteiger partial charge in [0, 0.05) is 42.2 Å². The van der Waals surface area contributed by atoms with Crippen LogP contribution in [-0.2, 0) is 6.54 Å². The average Bonchev–Trinajstić information content (AvgIpc) is 3.42. The van der Waals surface area contributed by atoms with Gasteiger partial charge in [-0.1, -0.05) is 35.3 Å². The van der Waals surface area contributed by atoms with Gasteiger partial charge in [-0.15, -0.1) is 0 Å². The molecule has 0 aliphatic rings. The largest absolute Gasteiger partial charge is 0.493 e.